The van der Waals surface area contributed by atoms with E-state index in [2.05, 4.69) is 10.3 Å². The number of rotatable bonds is 4. The maximum absolute atomic E-state index is 13.4. The number of nitrogens with one attached hydrogen (secondary N) is 1. The van der Waals surface area contributed by atoms with Gasteiger partial charge in [-0.3, -0.25) is 9.59 Å². The molecule has 1 aromatic heterocycles. The minimum absolute atomic E-state index is 0.0841. The highest BCUT2D eigenvalue weighted by Crippen LogP contribution is 2.47. The Morgan fingerprint density at radius 2 is 1.97 bits per heavy atom. The number of aryl methyl sites for hydroxylation is 1. The molecule has 0 saturated heterocycles. The van der Waals surface area contributed by atoms with Gasteiger partial charge in [0.2, 0.25) is 18.6 Å². The highest BCUT2D eigenvalue weighted by molar-refractivity contribution is 7.99. The van der Waals surface area contributed by atoms with Gasteiger partial charge in [0.25, 0.3) is 0 Å². The quantitative estimate of drug-likeness (QED) is 0.394. The number of amides is 2. The van der Waals surface area contributed by atoms with Crippen LogP contribution in [0.15, 0.2) is 65.6 Å². The molecule has 7 nitrogen and oxygen atoms in total. The van der Waals surface area contributed by atoms with Gasteiger partial charge in [-0.2, -0.15) is 0 Å². The lowest BCUT2D eigenvalue weighted by atomic mass is 10.1. The van der Waals surface area contributed by atoms with E-state index in [4.69, 9.17) is 9.47 Å². The summed E-state index contributed by atoms with van der Waals surface area (Å²) in [6.45, 7) is 2.14. The highest BCUT2D eigenvalue weighted by atomic mass is 32.2. The lowest BCUT2D eigenvalue weighted by Crippen LogP contribution is -2.38. The van der Waals surface area contributed by atoms with Crippen LogP contribution in [0, 0.1) is 6.92 Å². The predicted molar refractivity (Wildman–Crippen MR) is 138 cm³/mol. The van der Waals surface area contributed by atoms with E-state index in [1.54, 1.807) is 16.7 Å². The monoisotopic (exact) mass is 503 g/mol. The van der Waals surface area contributed by atoms with Crippen LogP contribution in [0.2, 0.25) is 0 Å². The summed E-state index contributed by atoms with van der Waals surface area (Å²) >= 11 is 3.05. The molecule has 4 aromatic rings. The fourth-order valence-corrected chi connectivity index (χ4v) is 6.49. The van der Waals surface area contributed by atoms with E-state index in [0.29, 0.717) is 16.6 Å². The number of thiazole rings is 1. The number of fused-ring (bicyclic) bond motifs is 3. The zero-order valence-corrected chi connectivity index (χ0v) is 20.4. The van der Waals surface area contributed by atoms with Crippen LogP contribution in [0.5, 0.6) is 11.5 Å². The fourth-order valence-electron chi connectivity index (χ4n) is 4.24. The van der Waals surface area contributed by atoms with Gasteiger partial charge >= 0.3 is 0 Å². The van der Waals surface area contributed by atoms with Crippen molar-refractivity contribution in [2.75, 3.05) is 23.6 Å². The fraction of sp³-hybridized carbons (Fsp3) is 0.192. The molecule has 9 heteroatoms. The van der Waals surface area contributed by atoms with E-state index in [-0.39, 0.29) is 36.8 Å². The number of carbonyl (C=O) groups is 2. The van der Waals surface area contributed by atoms with E-state index in [1.807, 2.05) is 67.6 Å². The zero-order chi connectivity index (χ0) is 23.9. The summed E-state index contributed by atoms with van der Waals surface area (Å²) in [6, 6.07) is 19.5. The Labute approximate surface area is 210 Å². The van der Waals surface area contributed by atoms with Crippen molar-refractivity contribution in [1.82, 2.24) is 4.98 Å². The summed E-state index contributed by atoms with van der Waals surface area (Å²) in [6.07, 6.45) is 0.257. The van der Waals surface area contributed by atoms with Gasteiger partial charge in [-0.15, -0.1) is 11.8 Å². The van der Waals surface area contributed by atoms with Gasteiger partial charge < -0.3 is 19.7 Å². The second-order valence-electron chi connectivity index (χ2n) is 8.41. The molecular weight excluding hydrogens is 482 g/mol. The van der Waals surface area contributed by atoms with Crippen molar-refractivity contribution in [3.63, 3.8) is 0 Å². The molecule has 0 fully saturated rings. The van der Waals surface area contributed by atoms with Crippen LogP contribution in [-0.2, 0) is 9.59 Å². The maximum Gasteiger partial charge on any atom is 0.246 e. The molecule has 6 rings (SSSR count). The molecule has 3 heterocycles. The number of hydrogen-bond donors (Lipinski definition) is 1. The van der Waals surface area contributed by atoms with Crippen molar-refractivity contribution in [2.24, 2.45) is 0 Å². The van der Waals surface area contributed by atoms with Crippen molar-refractivity contribution in [3.05, 3.63) is 71.8 Å². The first-order valence-corrected chi connectivity index (χ1v) is 12.9. The summed E-state index contributed by atoms with van der Waals surface area (Å²) in [5.74, 6) is 1.01. The lowest BCUT2D eigenvalue weighted by molar-refractivity contribution is -0.121. The number of hydrogen-bond acceptors (Lipinski definition) is 7. The van der Waals surface area contributed by atoms with Crippen LogP contribution in [0.1, 0.15) is 22.8 Å². The van der Waals surface area contributed by atoms with Crippen molar-refractivity contribution < 1.29 is 19.1 Å². The van der Waals surface area contributed by atoms with Gasteiger partial charge in [-0.25, -0.2) is 4.98 Å². The van der Waals surface area contributed by atoms with Gasteiger partial charge in [0.15, 0.2) is 16.6 Å². The van der Waals surface area contributed by atoms with Crippen molar-refractivity contribution in [1.29, 1.82) is 0 Å². The van der Waals surface area contributed by atoms with Crippen LogP contribution in [0.3, 0.4) is 0 Å². The van der Waals surface area contributed by atoms with Crippen LogP contribution in [0.25, 0.3) is 10.2 Å². The molecule has 2 aliphatic rings. The second-order valence-corrected chi connectivity index (χ2v) is 10.7. The van der Waals surface area contributed by atoms with E-state index in [0.717, 1.165) is 31.9 Å². The van der Waals surface area contributed by atoms with Crippen LogP contribution >= 0.6 is 23.1 Å². The molecule has 1 atom stereocenters. The number of carbonyl (C=O) groups excluding carboxylic acids is 2. The molecular formula is C26H21N3O4S2. The highest BCUT2D eigenvalue weighted by Gasteiger charge is 2.31. The van der Waals surface area contributed by atoms with Crippen molar-refractivity contribution in [2.45, 2.75) is 23.5 Å². The summed E-state index contributed by atoms with van der Waals surface area (Å²) in [5, 5.41) is 3.29. The third-order valence-electron chi connectivity index (χ3n) is 5.95. The van der Waals surface area contributed by atoms with Crippen LogP contribution in [-0.4, -0.2) is 30.1 Å². The first-order valence-electron chi connectivity index (χ1n) is 11.2. The number of para-hydroxylation sites is 1. The normalized spacial score (nSPS) is 16.8. The molecule has 2 aliphatic heterocycles. The average molecular weight is 504 g/mol. The third-order valence-corrected chi connectivity index (χ3v) is 8.20. The van der Waals surface area contributed by atoms with Crippen LogP contribution < -0.4 is 19.7 Å². The Hall–Kier alpha value is -3.56. The number of ether oxygens (including phenoxy) is 2. The van der Waals surface area contributed by atoms with Gasteiger partial charge in [0, 0.05) is 16.6 Å². The molecule has 176 valence electrons. The molecule has 1 N–H and O–H groups in total. The molecule has 0 aliphatic carbocycles. The average Bonchev–Trinajstić information content (AvgIpc) is 3.44. The third kappa shape index (κ3) is 4.33. The van der Waals surface area contributed by atoms with Crippen molar-refractivity contribution >= 4 is 55.9 Å². The van der Waals surface area contributed by atoms with Crippen molar-refractivity contribution in [3.8, 4) is 11.5 Å². The van der Waals surface area contributed by atoms with Gasteiger partial charge in [0.1, 0.15) is 6.54 Å². The smallest absolute Gasteiger partial charge is 0.246 e. The van der Waals surface area contributed by atoms with E-state index in [1.165, 1.54) is 11.3 Å². The minimum atomic E-state index is -0.282. The molecule has 0 saturated carbocycles. The van der Waals surface area contributed by atoms with E-state index < -0.39 is 0 Å². The first kappa shape index (κ1) is 21.9. The number of aromatic nitrogens is 1. The Bertz CT molecular complexity index is 1470. The summed E-state index contributed by atoms with van der Waals surface area (Å²) in [5.41, 5.74) is 3.70. The lowest BCUT2D eigenvalue weighted by Gasteiger charge is -2.21. The Morgan fingerprint density at radius 3 is 2.89 bits per heavy atom. The number of benzene rings is 3. The van der Waals surface area contributed by atoms with Gasteiger partial charge in [0.05, 0.1) is 15.9 Å². The number of thioether (sulfide) groups is 1. The summed E-state index contributed by atoms with van der Waals surface area (Å²) in [7, 11) is 0. The summed E-state index contributed by atoms with van der Waals surface area (Å²) in [4.78, 5) is 33.4. The zero-order valence-electron chi connectivity index (χ0n) is 18.8. The topological polar surface area (TPSA) is 80.8 Å². The predicted octanol–water partition coefficient (Wildman–Crippen LogP) is 5.54. The van der Waals surface area contributed by atoms with E-state index >= 15 is 0 Å². The largest absolute Gasteiger partial charge is 0.454 e. The second kappa shape index (κ2) is 8.90. The van der Waals surface area contributed by atoms with E-state index in [9.17, 15) is 9.59 Å². The molecule has 3 aromatic carbocycles. The molecule has 1 unspecified atom stereocenters. The maximum atomic E-state index is 13.4. The van der Waals surface area contributed by atoms with Crippen LogP contribution in [0.4, 0.5) is 10.8 Å². The standard InChI is InChI=1S/C26H21N3O4S2/c1-15-6-8-17-23(10-15)35-26(27-17)28-24(30)13-29-18-4-2-3-5-21(18)34-22(12-25(29)31)16-7-9-19-20(11-16)33-14-32-19/h2-11,22H,12-14H2,1H3,(H,27,28,30). The molecule has 0 spiro atoms. The Kier molecular flexibility index (Phi) is 5.58. The molecule has 35 heavy (non-hydrogen) atoms. The first-order chi connectivity index (χ1) is 17.0. The Morgan fingerprint density at radius 1 is 1.11 bits per heavy atom. The number of anilines is 2. The van der Waals surface area contributed by atoms with Gasteiger partial charge in [-0.05, 0) is 54.4 Å². The number of nitrogens with zero attached hydrogens (tertiary/aromatic N) is 2. The molecule has 0 bridgehead atoms. The van der Waals surface area contributed by atoms with Gasteiger partial charge in [-0.1, -0.05) is 35.6 Å². The SMILES string of the molecule is Cc1ccc2nc(NC(=O)CN3C(=O)CC(c4ccc5c(c4)OCO5)Sc4ccccc43)sc2c1. The summed E-state index contributed by atoms with van der Waals surface area (Å²) < 4.78 is 12.0. The molecule has 0 radical (unpaired) electrons. The minimum Gasteiger partial charge on any atom is -0.454 e. The molecule has 2 amide bonds. The Balaban J connectivity index is 1.24.